The van der Waals surface area contributed by atoms with Gasteiger partial charge in [0.25, 0.3) is 0 Å². The van der Waals surface area contributed by atoms with Crippen LogP contribution in [0.2, 0.25) is 0 Å². The van der Waals surface area contributed by atoms with Gasteiger partial charge in [-0.2, -0.15) is 0 Å². The topological polar surface area (TPSA) is 29.3 Å². The quantitative estimate of drug-likeness (QED) is 0.455. The summed E-state index contributed by atoms with van der Waals surface area (Å²) < 4.78 is 0. The molecule has 22 heavy (non-hydrogen) atoms. The zero-order valence-electron chi connectivity index (χ0n) is 15.7. The molecule has 1 rings (SSSR count). The zero-order valence-corrected chi connectivity index (χ0v) is 15.7. The minimum Gasteiger partial charge on any atom is -0.324 e. The SMILES string of the molecule is CCCCCCCC(CCCCCCC)N1CC[C@](C)(N)C1. The van der Waals surface area contributed by atoms with Gasteiger partial charge in [-0.15, -0.1) is 0 Å². The lowest BCUT2D eigenvalue weighted by Crippen LogP contribution is -2.42. The first kappa shape index (κ1) is 20.0. The van der Waals surface area contributed by atoms with Crippen LogP contribution in [0.5, 0.6) is 0 Å². The van der Waals surface area contributed by atoms with E-state index < -0.39 is 0 Å². The standard InChI is InChI=1S/C20H42N2/c1-4-6-8-10-12-14-19(15-13-11-9-7-5-2)22-17-16-20(3,21)18-22/h19H,4-18,21H2,1-3H3/t20-/m0/s1. The highest BCUT2D eigenvalue weighted by atomic mass is 15.2. The average Bonchev–Trinajstić information content (AvgIpc) is 2.84. The molecule has 2 nitrogen and oxygen atoms in total. The summed E-state index contributed by atoms with van der Waals surface area (Å²) in [7, 11) is 0. The van der Waals surface area contributed by atoms with Gasteiger partial charge in [-0.25, -0.2) is 0 Å². The molecule has 0 spiro atoms. The molecule has 0 radical (unpaired) electrons. The van der Waals surface area contributed by atoms with Crippen molar-refractivity contribution in [2.75, 3.05) is 13.1 Å². The van der Waals surface area contributed by atoms with Gasteiger partial charge in [-0.3, -0.25) is 4.90 Å². The van der Waals surface area contributed by atoms with E-state index in [1.165, 1.54) is 90.0 Å². The van der Waals surface area contributed by atoms with E-state index in [-0.39, 0.29) is 5.54 Å². The van der Waals surface area contributed by atoms with Crippen molar-refractivity contribution in [3.63, 3.8) is 0 Å². The van der Waals surface area contributed by atoms with E-state index in [1.807, 2.05) is 0 Å². The van der Waals surface area contributed by atoms with Crippen molar-refractivity contribution >= 4 is 0 Å². The molecule has 1 heterocycles. The molecule has 1 aliphatic rings. The molecule has 2 N–H and O–H groups in total. The first-order chi connectivity index (χ1) is 10.6. The maximum atomic E-state index is 6.35. The van der Waals surface area contributed by atoms with E-state index in [9.17, 15) is 0 Å². The van der Waals surface area contributed by atoms with Crippen molar-refractivity contribution in [2.24, 2.45) is 5.73 Å². The summed E-state index contributed by atoms with van der Waals surface area (Å²) >= 11 is 0. The molecule has 0 aliphatic carbocycles. The Kier molecular flexibility index (Phi) is 10.4. The van der Waals surface area contributed by atoms with Crippen LogP contribution >= 0.6 is 0 Å². The molecular formula is C20H42N2. The Bertz CT molecular complexity index is 248. The highest BCUT2D eigenvalue weighted by Crippen LogP contribution is 2.25. The van der Waals surface area contributed by atoms with Gasteiger partial charge in [-0.1, -0.05) is 78.1 Å². The lowest BCUT2D eigenvalue weighted by Gasteiger charge is -2.29. The highest BCUT2D eigenvalue weighted by Gasteiger charge is 2.33. The van der Waals surface area contributed by atoms with E-state index in [4.69, 9.17) is 5.73 Å². The second-order valence-electron chi connectivity index (χ2n) is 7.93. The number of nitrogens with zero attached hydrogens (tertiary/aromatic N) is 1. The molecule has 0 aromatic carbocycles. The van der Waals surface area contributed by atoms with Crippen LogP contribution < -0.4 is 5.73 Å². The summed E-state index contributed by atoms with van der Waals surface area (Å²) in [4.78, 5) is 2.71. The maximum absolute atomic E-state index is 6.35. The van der Waals surface area contributed by atoms with Crippen LogP contribution in [0.25, 0.3) is 0 Å². The van der Waals surface area contributed by atoms with Gasteiger partial charge >= 0.3 is 0 Å². The third-order valence-corrected chi connectivity index (χ3v) is 5.33. The second-order valence-corrected chi connectivity index (χ2v) is 7.93. The van der Waals surface area contributed by atoms with Crippen LogP contribution in [-0.4, -0.2) is 29.6 Å². The molecule has 1 atom stereocenters. The van der Waals surface area contributed by atoms with Crippen LogP contribution in [0.15, 0.2) is 0 Å². The van der Waals surface area contributed by atoms with E-state index >= 15 is 0 Å². The highest BCUT2D eigenvalue weighted by molar-refractivity contribution is 4.93. The van der Waals surface area contributed by atoms with Gasteiger partial charge in [0, 0.05) is 24.7 Å². The largest absolute Gasteiger partial charge is 0.324 e. The molecule has 0 aromatic rings. The molecule has 0 saturated carbocycles. The molecule has 132 valence electrons. The normalized spacial score (nSPS) is 22.8. The predicted octanol–water partition coefficient (Wildman–Crippen LogP) is 5.50. The molecular weight excluding hydrogens is 268 g/mol. The molecule has 1 fully saturated rings. The third-order valence-electron chi connectivity index (χ3n) is 5.33. The zero-order chi connectivity index (χ0) is 16.3. The maximum Gasteiger partial charge on any atom is 0.0267 e. The fraction of sp³-hybridized carbons (Fsp3) is 1.00. The predicted molar refractivity (Wildman–Crippen MR) is 99.3 cm³/mol. The fourth-order valence-electron chi connectivity index (χ4n) is 3.81. The summed E-state index contributed by atoms with van der Waals surface area (Å²) in [5, 5.41) is 0. The molecule has 2 heteroatoms. The molecule has 0 amide bonds. The Morgan fingerprint density at radius 1 is 0.864 bits per heavy atom. The summed E-state index contributed by atoms with van der Waals surface area (Å²) in [6, 6.07) is 0.800. The van der Waals surface area contributed by atoms with E-state index in [0.717, 1.165) is 12.6 Å². The third kappa shape index (κ3) is 8.53. The molecule has 0 bridgehead atoms. The first-order valence-electron chi connectivity index (χ1n) is 10.1. The fourth-order valence-corrected chi connectivity index (χ4v) is 3.81. The van der Waals surface area contributed by atoms with Crippen molar-refractivity contribution in [2.45, 2.75) is 116 Å². The first-order valence-corrected chi connectivity index (χ1v) is 10.1. The minimum atomic E-state index is 0.0582. The summed E-state index contributed by atoms with van der Waals surface area (Å²) in [5.74, 6) is 0. The minimum absolute atomic E-state index is 0.0582. The number of likely N-dealkylation sites (tertiary alicyclic amines) is 1. The van der Waals surface area contributed by atoms with Gasteiger partial charge in [0.1, 0.15) is 0 Å². The Morgan fingerprint density at radius 2 is 1.36 bits per heavy atom. The van der Waals surface area contributed by atoms with Crippen molar-refractivity contribution in [1.82, 2.24) is 4.90 Å². The van der Waals surface area contributed by atoms with Gasteiger partial charge in [-0.05, 0) is 26.2 Å². The Balaban J connectivity index is 2.29. The van der Waals surface area contributed by atoms with Gasteiger partial charge < -0.3 is 5.73 Å². The molecule has 1 aliphatic heterocycles. The Labute approximate surface area is 140 Å². The number of unbranched alkanes of at least 4 members (excludes halogenated alkanes) is 8. The Morgan fingerprint density at radius 3 is 1.77 bits per heavy atom. The van der Waals surface area contributed by atoms with Crippen molar-refractivity contribution in [3.05, 3.63) is 0 Å². The second kappa shape index (κ2) is 11.5. The van der Waals surface area contributed by atoms with Crippen LogP contribution in [0.3, 0.4) is 0 Å². The number of hydrogen-bond acceptors (Lipinski definition) is 2. The summed E-state index contributed by atoms with van der Waals surface area (Å²) in [6.07, 6.45) is 18.0. The Hall–Kier alpha value is -0.0800. The molecule has 1 saturated heterocycles. The van der Waals surface area contributed by atoms with Crippen LogP contribution in [0.4, 0.5) is 0 Å². The van der Waals surface area contributed by atoms with Gasteiger partial charge in [0.05, 0.1) is 0 Å². The van der Waals surface area contributed by atoms with Crippen LogP contribution in [0.1, 0.15) is 104 Å². The monoisotopic (exact) mass is 310 g/mol. The van der Waals surface area contributed by atoms with Gasteiger partial charge in [0.15, 0.2) is 0 Å². The smallest absolute Gasteiger partial charge is 0.0267 e. The van der Waals surface area contributed by atoms with E-state index in [1.54, 1.807) is 0 Å². The number of hydrogen-bond donors (Lipinski definition) is 1. The number of nitrogens with two attached hydrogens (primary N) is 1. The van der Waals surface area contributed by atoms with Crippen LogP contribution in [-0.2, 0) is 0 Å². The summed E-state index contributed by atoms with van der Waals surface area (Å²) in [5.41, 5.74) is 6.41. The molecule has 0 unspecified atom stereocenters. The van der Waals surface area contributed by atoms with Gasteiger partial charge in [0.2, 0.25) is 0 Å². The van der Waals surface area contributed by atoms with Crippen molar-refractivity contribution in [3.8, 4) is 0 Å². The summed E-state index contributed by atoms with van der Waals surface area (Å²) in [6.45, 7) is 9.16. The average molecular weight is 311 g/mol. The number of rotatable bonds is 13. The van der Waals surface area contributed by atoms with Crippen molar-refractivity contribution < 1.29 is 0 Å². The lowest BCUT2D eigenvalue weighted by atomic mass is 9.99. The molecule has 0 aromatic heterocycles. The van der Waals surface area contributed by atoms with Crippen LogP contribution in [0, 0.1) is 0 Å². The van der Waals surface area contributed by atoms with Crippen molar-refractivity contribution in [1.29, 1.82) is 0 Å². The van der Waals surface area contributed by atoms with E-state index in [0.29, 0.717) is 0 Å². The van der Waals surface area contributed by atoms with E-state index in [2.05, 4.69) is 25.7 Å². The lowest BCUT2D eigenvalue weighted by molar-refractivity contribution is 0.199.